The van der Waals surface area contributed by atoms with Gasteiger partial charge < -0.3 is 10.6 Å². The summed E-state index contributed by atoms with van der Waals surface area (Å²) in [5.74, 6) is 0. The second-order valence-corrected chi connectivity index (χ2v) is 4.40. The van der Waals surface area contributed by atoms with Crippen LogP contribution in [-0.2, 0) is 0 Å². The number of hydrogen-bond acceptors (Lipinski definition) is 2. The summed E-state index contributed by atoms with van der Waals surface area (Å²) >= 11 is 0. The van der Waals surface area contributed by atoms with Crippen molar-refractivity contribution in [2.24, 2.45) is 5.73 Å². The lowest BCUT2D eigenvalue weighted by Crippen LogP contribution is -2.39. The van der Waals surface area contributed by atoms with Gasteiger partial charge in [-0.1, -0.05) is 25.1 Å². The van der Waals surface area contributed by atoms with Gasteiger partial charge >= 0.3 is 0 Å². The maximum Gasteiger partial charge on any atom is 0.0417 e. The first-order chi connectivity index (χ1) is 7.24. The first-order valence-corrected chi connectivity index (χ1v) is 5.85. The molecule has 2 unspecified atom stereocenters. The zero-order valence-electron chi connectivity index (χ0n) is 9.61. The number of para-hydroxylation sites is 1. The molecule has 0 aromatic heterocycles. The van der Waals surface area contributed by atoms with Crippen LogP contribution in [0.5, 0.6) is 0 Å². The fourth-order valence-corrected chi connectivity index (χ4v) is 2.29. The molecule has 0 bridgehead atoms. The van der Waals surface area contributed by atoms with Crippen LogP contribution in [0.25, 0.3) is 0 Å². The van der Waals surface area contributed by atoms with Gasteiger partial charge in [0.25, 0.3) is 0 Å². The summed E-state index contributed by atoms with van der Waals surface area (Å²) in [6.07, 6.45) is 2.25. The number of rotatable bonds is 2. The van der Waals surface area contributed by atoms with Crippen LogP contribution < -0.4 is 10.6 Å². The fraction of sp³-hybridized carbons (Fsp3) is 0.538. The Labute approximate surface area is 92.1 Å². The molecule has 0 saturated heterocycles. The Morgan fingerprint density at radius 1 is 1.47 bits per heavy atom. The number of fused-ring (bicyclic) bond motifs is 1. The number of anilines is 1. The van der Waals surface area contributed by atoms with Gasteiger partial charge in [0.15, 0.2) is 0 Å². The molecule has 1 aromatic rings. The van der Waals surface area contributed by atoms with Gasteiger partial charge in [-0.15, -0.1) is 0 Å². The molecular formula is C13H20N2. The van der Waals surface area contributed by atoms with Crippen LogP contribution >= 0.6 is 0 Å². The predicted octanol–water partition coefficient (Wildman–Crippen LogP) is 2.70. The highest BCUT2D eigenvalue weighted by atomic mass is 15.2. The van der Waals surface area contributed by atoms with Gasteiger partial charge in [-0.05, 0) is 31.4 Å². The molecule has 0 amide bonds. The Kier molecular flexibility index (Phi) is 2.96. The van der Waals surface area contributed by atoms with Crippen molar-refractivity contribution >= 4 is 5.69 Å². The molecule has 0 fully saturated rings. The van der Waals surface area contributed by atoms with Crippen LogP contribution in [0.15, 0.2) is 24.3 Å². The molecule has 1 aliphatic rings. The first kappa shape index (κ1) is 10.5. The predicted molar refractivity (Wildman–Crippen MR) is 65.1 cm³/mol. The molecule has 1 heterocycles. The number of benzene rings is 1. The van der Waals surface area contributed by atoms with Crippen molar-refractivity contribution in [1.82, 2.24) is 0 Å². The summed E-state index contributed by atoms with van der Waals surface area (Å²) in [4.78, 5) is 2.48. The lowest BCUT2D eigenvalue weighted by molar-refractivity contribution is 0.534. The molecule has 0 saturated carbocycles. The average Bonchev–Trinajstić information content (AvgIpc) is 2.29. The lowest BCUT2D eigenvalue weighted by atomic mass is 9.95. The molecule has 0 radical (unpaired) electrons. The third kappa shape index (κ3) is 1.86. The third-order valence-corrected chi connectivity index (χ3v) is 3.45. The Morgan fingerprint density at radius 2 is 2.20 bits per heavy atom. The van der Waals surface area contributed by atoms with E-state index >= 15 is 0 Å². The second-order valence-electron chi connectivity index (χ2n) is 4.40. The Balaban J connectivity index is 2.36. The minimum atomic E-state index is 0.224. The molecule has 1 aliphatic heterocycles. The summed E-state index contributed by atoms with van der Waals surface area (Å²) in [5, 5.41) is 0. The Hall–Kier alpha value is -1.02. The van der Waals surface area contributed by atoms with E-state index in [9.17, 15) is 0 Å². The Bertz CT molecular complexity index is 335. The summed E-state index contributed by atoms with van der Waals surface area (Å²) < 4.78 is 0. The van der Waals surface area contributed by atoms with Crippen LogP contribution in [0, 0.1) is 0 Å². The van der Waals surface area contributed by atoms with E-state index in [0.717, 1.165) is 13.0 Å². The van der Waals surface area contributed by atoms with E-state index < -0.39 is 0 Å². The molecule has 2 rings (SSSR count). The van der Waals surface area contributed by atoms with Crippen molar-refractivity contribution in [3.05, 3.63) is 29.8 Å². The van der Waals surface area contributed by atoms with Gasteiger partial charge in [-0.2, -0.15) is 0 Å². The largest absolute Gasteiger partial charge is 0.368 e. The van der Waals surface area contributed by atoms with Crippen LogP contribution in [0.4, 0.5) is 5.69 Å². The van der Waals surface area contributed by atoms with Crippen molar-refractivity contribution in [1.29, 1.82) is 0 Å². The average molecular weight is 204 g/mol. The topological polar surface area (TPSA) is 29.3 Å². The van der Waals surface area contributed by atoms with E-state index in [0.29, 0.717) is 6.04 Å². The van der Waals surface area contributed by atoms with Crippen molar-refractivity contribution in [3.8, 4) is 0 Å². The smallest absolute Gasteiger partial charge is 0.0417 e. The molecule has 82 valence electrons. The monoisotopic (exact) mass is 204 g/mol. The maximum absolute atomic E-state index is 6.12. The van der Waals surface area contributed by atoms with Gasteiger partial charge in [0.2, 0.25) is 0 Å². The van der Waals surface area contributed by atoms with E-state index in [1.807, 2.05) is 0 Å². The van der Waals surface area contributed by atoms with Gasteiger partial charge in [0, 0.05) is 24.3 Å². The van der Waals surface area contributed by atoms with Gasteiger partial charge in [0.05, 0.1) is 0 Å². The maximum atomic E-state index is 6.12. The molecular weight excluding hydrogens is 184 g/mol. The van der Waals surface area contributed by atoms with Crippen molar-refractivity contribution in [3.63, 3.8) is 0 Å². The third-order valence-electron chi connectivity index (χ3n) is 3.45. The van der Waals surface area contributed by atoms with Crippen molar-refractivity contribution < 1.29 is 0 Å². The van der Waals surface area contributed by atoms with E-state index in [1.54, 1.807) is 0 Å². The van der Waals surface area contributed by atoms with E-state index in [2.05, 4.69) is 43.0 Å². The van der Waals surface area contributed by atoms with Gasteiger partial charge in [-0.25, -0.2) is 0 Å². The summed E-state index contributed by atoms with van der Waals surface area (Å²) in [7, 11) is 0. The van der Waals surface area contributed by atoms with Crippen LogP contribution in [-0.4, -0.2) is 12.6 Å². The van der Waals surface area contributed by atoms with Gasteiger partial charge in [-0.3, -0.25) is 0 Å². The molecule has 1 aromatic carbocycles. The minimum absolute atomic E-state index is 0.224. The standard InChI is InChI=1S/C13H20N2/c1-3-10(2)15-9-8-12(14)11-6-4-5-7-13(11)15/h4-7,10,12H,3,8-9,14H2,1-2H3. The SMILES string of the molecule is CCC(C)N1CCC(N)c2ccccc21. The zero-order valence-corrected chi connectivity index (χ0v) is 9.61. The highest BCUT2D eigenvalue weighted by Gasteiger charge is 2.24. The lowest BCUT2D eigenvalue weighted by Gasteiger charge is -2.38. The molecule has 15 heavy (non-hydrogen) atoms. The van der Waals surface area contributed by atoms with Crippen LogP contribution in [0.1, 0.15) is 38.3 Å². The minimum Gasteiger partial charge on any atom is -0.368 e. The summed E-state index contributed by atoms with van der Waals surface area (Å²) in [5.41, 5.74) is 8.77. The zero-order chi connectivity index (χ0) is 10.8. The highest BCUT2D eigenvalue weighted by Crippen LogP contribution is 2.33. The van der Waals surface area contributed by atoms with E-state index in [4.69, 9.17) is 5.73 Å². The highest BCUT2D eigenvalue weighted by molar-refractivity contribution is 5.57. The molecule has 2 heteroatoms. The molecule has 2 atom stereocenters. The van der Waals surface area contributed by atoms with Crippen molar-refractivity contribution in [2.75, 3.05) is 11.4 Å². The van der Waals surface area contributed by atoms with Crippen LogP contribution in [0.3, 0.4) is 0 Å². The van der Waals surface area contributed by atoms with Gasteiger partial charge in [0.1, 0.15) is 0 Å². The van der Waals surface area contributed by atoms with E-state index in [-0.39, 0.29) is 6.04 Å². The normalized spacial score (nSPS) is 22.3. The van der Waals surface area contributed by atoms with Crippen molar-refractivity contribution in [2.45, 2.75) is 38.8 Å². The fourth-order valence-electron chi connectivity index (χ4n) is 2.29. The summed E-state index contributed by atoms with van der Waals surface area (Å²) in [6, 6.07) is 9.38. The molecule has 0 aliphatic carbocycles. The Morgan fingerprint density at radius 3 is 2.93 bits per heavy atom. The number of nitrogens with two attached hydrogens (primary N) is 1. The number of hydrogen-bond donors (Lipinski definition) is 1. The second kappa shape index (κ2) is 4.23. The quantitative estimate of drug-likeness (QED) is 0.802. The van der Waals surface area contributed by atoms with Crippen LogP contribution in [0.2, 0.25) is 0 Å². The number of nitrogens with zero attached hydrogens (tertiary/aromatic N) is 1. The summed E-state index contributed by atoms with van der Waals surface area (Å²) in [6.45, 7) is 5.61. The first-order valence-electron chi connectivity index (χ1n) is 5.85. The molecule has 2 nitrogen and oxygen atoms in total. The molecule has 0 spiro atoms. The molecule has 2 N–H and O–H groups in total. The van der Waals surface area contributed by atoms with E-state index in [1.165, 1.54) is 17.7 Å².